The molecule has 2 aromatic carbocycles. The summed E-state index contributed by atoms with van der Waals surface area (Å²) in [7, 11) is 0. The second-order valence-corrected chi connectivity index (χ2v) is 7.71. The van der Waals surface area contributed by atoms with Crippen molar-refractivity contribution in [3.8, 4) is 0 Å². The molecule has 0 saturated carbocycles. The predicted molar refractivity (Wildman–Crippen MR) is 116 cm³/mol. The number of rotatable bonds is 11. The van der Waals surface area contributed by atoms with Crippen molar-refractivity contribution in [2.24, 2.45) is 11.7 Å². The Bertz CT molecular complexity index is 725. The van der Waals surface area contributed by atoms with Crippen LogP contribution in [0.1, 0.15) is 31.7 Å². The van der Waals surface area contributed by atoms with Gasteiger partial charge in [-0.3, -0.25) is 0 Å². The Morgan fingerprint density at radius 3 is 2.69 bits per heavy atom. The Balaban J connectivity index is 2.19. The summed E-state index contributed by atoms with van der Waals surface area (Å²) in [6.45, 7) is 7.38. The van der Waals surface area contributed by atoms with Crippen molar-refractivity contribution in [1.29, 1.82) is 0 Å². The number of ether oxygens (including phenoxy) is 1. The van der Waals surface area contributed by atoms with Crippen LogP contribution in [0.25, 0.3) is 10.8 Å². The Kier molecular flexibility index (Phi) is 8.79. The quantitative estimate of drug-likeness (QED) is 0.394. The number of fused-ring (bicyclic) bond motifs is 1. The fraction of sp³-hybridized carbons (Fsp3) is 0.391. The van der Waals surface area contributed by atoms with Crippen LogP contribution in [0.4, 0.5) is 0 Å². The molecule has 0 radical (unpaired) electrons. The first-order chi connectivity index (χ1) is 12.7. The summed E-state index contributed by atoms with van der Waals surface area (Å²) in [6, 6.07) is 14.9. The fourth-order valence-electron chi connectivity index (χ4n) is 3.15. The normalized spacial score (nSPS) is 13.0. The van der Waals surface area contributed by atoms with Crippen molar-refractivity contribution in [2.45, 2.75) is 32.8 Å². The van der Waals surface area contributed by atoms with Gasteiger partial charge in [0.15, 0.2) is 0 Å². The van der Waals surface area contributed by atoms with Gasteiger partial charge in [0.05, 0.1) is 5.76 Å². The maximum atomic E-state index is 6.35. The summed E-state index contributed by atoms with van der Waals surface area (Å²) in [6.07, 6.45) is 7.44. The zero-order valence-electron chi connectivity index (χ0n) is 16.0. The molecular formula is C23H31NOS. The lowest BCUT2D eigenvalue weighted by atomic mass is 9.96. The minimum absolute atomic E-state index is 0.401. The molecule has 0 bridgehead atoms. The zero-order chi connectivity index (χ0) is 18.8. The smallest absolute Gasteiger partial charge is 0.113 e. The Morgan fingerprint density at radius 1 is 1.19 bits per heavy atom. The molecule has 0 spiro atoms. The third kappa shape index (κ3) is 6.22. The first-order valence-electron chi connectivity index (χ1n) is 9.31. The topological polar surface area (TPSA) is 35.2 Å². The number of allylic oxidation sites excluding steroid dienone is 3. The van der Waals surface area contributed by atoms with Gasteiger partial charge in [0.25, 0.3) is 0 Å². The second-order valence-electron chi connectivity index (χ2n) is 6.73. The number of hydrogen-bond acceptors (Lipinski definition) is 3. The van der Waals surface area contributed by atoms with Crippen LogP contribution in [0.15, 0.2) is 66.5 Å². The van der Waals surface area contributed by atoms with Gasteiger partial charge in [-0.05, 0) is 67.2 Å². The molecule has 26 heavy (non-hydrogen) atoms. The van der Waals surface area contributed by atoms with E-state index in [0.29, 0.717) is 12.5 Å². The highest BCUT2D eigenvalue weighted by atomic mass is 32.2. The Hall–Kier alpha value is -1.71. The van der Waals surface area contributed by atoms with Gasteiger partial charge < -0.3 is 10.5 Å². The highest BCUT2D eigenvalue weighted by molar-refractivity contribution is 7.98. The van der Waals surface area contributed by atoms with Gasteiger partial charge in [0.2, 0.25) is 0 Å². The number of hydrogen-bond donors (Lipinski definition) is 1. The monoisotopic (exact) mass is 369 g/mol. The molecule has 0 aliphatic heterocycles. The maximum absolute atomic E-state index is 6.35. The summed E-state index contributed by atoms with van der Waals surface area (Å²) < 4.78 is 6.35. The molecule has 2 aromatic rings. The third-order valence-electron chi connectivity index (χ3n) is 4.49. The van der Waals surface area contributed by atoms with E-state index in [2.05, 4.69) is 61.4 Å². The lowest BCUT2D eigenvalue weighted by molar-refractivity contribution is 0.159. The molecule has 3 heteroatoms. The maximum Gasteiger partial charge on any atom is 0.113 e. The van der Waals surface area contributed by atoms with E-state index < -0.39 is 0 Å². The van der Waals surface area contributed by atoms with Crippen molar-refractivity contribution in [3.05, 3.63) is 72.0 Å². The number of thioether (sulfide) groups is 1. The standard InChI is InChI=1S/C23H31NOS/c1-18(2)16-23(20(11-7-14-24)13-15-26-3)25-17-21-10-6-9-19-8-4-5-12-22(19)21/h4-6,8-10,12,16,20H,1,7,11,13-15,17,24H2,2-3H3/b23-16+/t20-/m0/s1. The minimum atomic E-state index is 0.401. The molecule has 0 amide bonds. The molecule has 0 saturated heterocycles. The van der Waals surface area contributed by atoms with E-state index >= 15 is 0 Å². The molecule has 2 N–H and O–H groups in total. The van der Waals surface area contributed by atoms with E-state index in [0.717, 1.165) is 42.9 Å². The minimum Gasteiger partial charge on any atom is -0.493 e. The summed E-state index contributed by atoms with van der Waals surface area (Å²) in [5.74, 6) is 2.58. The average molecular weight is 370 g/mol. The van der Waals surface area contributed by atoms with Crippen molar-refractivity contribution in [1.82, 2.24) is 0 Å². The van der Waals surface area contributed by atoms with E-state index in [9.17, 15) is 0 Å². The zero-order valence-corrected chi connectivity index (χ0v) is 16.9. The van der Waals surface area contributed by atoms with E-state index in [1.165, 1.54) is 16.3 Å². The third-order valence-corrected chi connectivity index (χ3v) is 5.14. The lowest BCUT2D eigenvalue weighted by Crippen LogP contribution is -2.12. The first kappa shape index (κ1) is 20.6. The molecule has 0 aromatic heterocycles. The molecule has 0 aliphatic carbocycles. The van der Waals surface area contributed by atoms with Crippen LogP contribution >= 0.6 is 11.8 Å². The summed E-state index contributed by atoms with van der Waals surface area (Å²) in [4.78, 5) is 0. The second kappa shape index (κ2) is 11.1. The molecule has 2 rings (SSSR count). The van der Waals surface area contributed by atoms with E-state index in [1.807, 2.05) is 18.7 Å². The lowest BCUT2D eigenvalue weighted by Gasteiger charge is -2.22. The molecule has 0 aliphatic rings. The molecule has 1 atom stereocenters. The SMILES string of the molecule is C=C(C)/C=C(/OCc1cccc2ccccc12)[C@@H](CCCN)CCSC. The average Bonchev–Trinajstić information content (AvgIpc) is 2.65. The number of benzene rings is 2. The summed E-state index contributed by atoms with van der Waals surface area (Å²) in [5.41, 5.74) is 8.00. The largest absolute Gasteiger partial charge is 0.493 e. The van der Waals surface area contributed by atoms with E-state index in [-0.39, 0.29) is 0 Å². The van der Waals surface area contributed by atoms with Crippen LogP contribution in [0.3, 0.4) is 0 Å². The molecule has 0 unspecified atom stereocenters. The van der Waals surface area contributed by atoms with E-state index in [1.54, 1.807) is 0 Å². The van der Waals surface area contributed by atoms with Crippen molar-refractivity contribution >= 4 is 22.5 Å². The fourth-order valence-corrected chi connectivity index (χ4v) is 3.67. The van der Waals surface area contributed by atoms with Gasteiger partial charge in [0.1, 0.15) is 6.61 Å². The molecule has 0 heterocycles. The van der Waals surface area contributed by atoms with Gasteiger partial charge in [-0.25, -0.2) is 0 Å². The first-order valence-corrected chi connectivity index (χ1v) is 10.7. The Morgan fingerprint density at radius 2 is 1.96 bits per heavy atom. The van der Waals surface area contributed by atoms with Crippen LogP contribution in [0, 0.1) is 5.92 Å². The number of nitrogens with two attached hydrogens (primary N) is 1. The summed E-state index contributed by atoms with van der Waals surface area (Å²) in [5, 5.41) is 2.51. The molecule has 2 nitrogen and oxygen atoms in total. The highest BCUT2D eigenvalue weighted by Crippen LogP contribution is 2.27. The van der Waals surface area contributed by atoms with Gasteiger partial charge in [0, 0.05) is 5.92 Å². The van der Waals surface area contributed by atoms with Crippen molar-refractivity contribution < 1.29 is 4.74 Å². The van der Waals surface area contributed by atoms with Crippen molar-refractivity contribution in [2.75, 3.05) is 18.6 Å². The molecule has 140 valence electrons. The highest BCUT2D eigenvalue weighted by Gasteiger charge is 2.16. The Labute approximate surface area is 162 Å². The van der Waals surface area contributed by atoms with Crippen LogP contribution in [-0.4, -0.2) is 18.6 Å². The molecular weight excluding hydrogens is 338 g/mol. The van der Waals surface area contributed by atoms with Gasteiger partial charge in [-0.1, -0.05) is 54.6 Å². The van der Waals surface area contributed by atoms with Crippen LogP contribution in [0.2, 0.25) is 0 Å². The van der Waals surface area contributed by atoms with Crippen LogP contribution in [0.5, 0.6) is 0 Å². The van der Waals surface area contributed by atoms with E-state index in [4.69, 9.17) is 10.5 Å². The van der Waals surface area contributed by atoms with Gasteiger partial charge >= 0.3 is 0 Å². The van der Waals surface area contributed by atoms with Gasteiger partial charge in [-0.2, -0.15) is 11.8 Å². The van der Waals surface area contributed by atoms with Gasteiger partial charge in [-0.15, -0.1) is 0 Å². The predicted octanol–water partition coefficient (Wildman–Crippen LogP) is 5.92. The van der Waals surface area contributed by atoms with Crippen molar-refractivity contribution in [3.63, 3.8) is 0 Å². The van der Waals surface area contributed by atoms with Crippen LogP contribution < -0.4 is 5.73 Å². The summed E-state index contributed by atoms with van der Waals surface area (Å²) >= 11 is 1.88. The van der Waals surface area contributed by atoms with Crippen LogP contribution in [-0.2, 0) is 11.3 Å². The molecule has 0 fully saturated rings.